The summed E-state index contributed by atoms with van der Waals surface area (Å²) in [6.45, 7) is 6.64. The van der Waals surface area contributed by atoms with E-state index in [1.165, 1.54) is 102 Å². The van der Waals surface area contributed by atoms with Gasteiger partial charge in [0.25, 0.3) is 0 Å². The molecule has 0 aliphatic rings. The molecule has 28 heavy (non-hydrogen) atoms. The molecule has 0 saturated heterocycles. The zero-order valence-corrected chi connectivity index (χ0v) is 19.9. The first kappa shape index (κ1) is 27.5. The lowest BCUT2D eigenvalue weighted by Gasteiger charge is -2.31. The lowest BCUT2D eigenvalue weighted by molar-refractivity contribution is 0.376. The third-order valence-corrected chi connectivity index (χ3v) is 5.95. The number of unbranched alkanes of at least 4 members (excludes halogenated alkanes) is 13. The fourth-order valence-corrected chi connectivity index (χ4v) is 4.20. The van der Waals surface area contributed by atoms with Crippen LogP contribution in [0.25, 0.3) is 0 Å². The molecule has 164 valence electrons. The van der Waals surface area contributed by atoms with Crippen LogP contribution in [0.3, 0.4) is 0 Å². The van der Waals surface area contributed by atoms with Crippen LogP contribution in [0.2, 0.25) is 0 Å². The van der Waals surface area contributed by atoms with Gasteiger partial charge in [0.2, 0.25) is 0 Å². The van der Waals surface area contributed by atoms with Gasteiger partial charge in [0.1, 0.15) is 0 Å². The summed E-state index contributed by atoms with van der Waals surface area (Å²) in [5.41, 5.74) is 7.73. The van der Waals surface area contributed by atoms with Gasteiger partial charge < -0.3 is 5.73 Å². The Hall–Kier alpha value is -0.530. The normalized spacial score (nSPS) is 12.6. The van der Waals surface area contributed by atoms with E-state index >= 15 is 0 Å². The summed E-state index contributed by atoms with van der Waals surface area (Å²) in [6.07, 6.45) is 21.1. The van der Waals surface area contributed by atoms with Crippen LogP contribution in [0.15, 0.2) is 30.3 Å². The van der Waals surface area contributed by atoms with Gasteiger partial charge in [0, 0.05) is 11.5 Å². The summed E-state index contributed by atoms with van der Waals surface area (Å²) in [7, 11) is 0. The minimum absolute atomic E-state index is 0. The molecule has 1 nitrogen and oxygen atoms in total. The molecule has 0 aromatic heterocycles. The Bertz CT molecular complexity index is 437. The zero-order chi connectivity index (χ0) is 19.8. The van der Waals surface area contributed by atoms with Gasteiger partial charge in [-0.2, -0.15) is 0 Å². The molecule has 1 rings (SSSR count). The molecule has 1 unspecified atom stereocenters. The molecule has 0 aliphatic heterocycles. The summed E-state index contributed by atoms with van der Waals surface area (Å²) in [6, 6.07) is 10.8. The Balaban J connectivity index is 0.00000729. The van der Waals surface area contributed by atoms with E-state index in [1.807, 2.05) is 0 Å². The first-order valence-corrected chi connectivity index (χ1v) is 11.9. The lowest BCUT2D eigenvalue weighted by atomic mass is 9.79. The maximum absolute atomic E-state index is 6.47. The van der Waals surface area contributed by atoms with Crippen LogP contribution in [0.5, 0.6) is 0 Å². The van der Waals surface area contributed by atoms with E-state index in [9.17, 15) is 0 Å². The molecule has 1 aromatic carbocycles. The molecule has 0 heterocycles. The average molecular weight is 410 g/mol. The Morgan fingerprint density at radius 2 is 1.07 bits per heavy atom. The highest BCUT2D eigenvalue weighted by molar-refractivity contribution is 5.85. The molecule has 0 amide bonds. The molecule has 1 aromatic rings. The topological polar surface area (TPSA) is 26.0 Å². The zero-order valence-electron chi connectivity index (χ0n) is 19.1. The summed E-state index contributed by atoms with van der Waals surface area (Å²) >= 11 is 0. The third-order valence-electron chi connectivity index (χ3n) is 5.95. The van der Waals surface area contributed by atoms with E-state index in [1.54, 1.807) is 0 Å². The Morgan fingerprint density at radius 3 is 1.46 bits per heavy atom. The predicted octanol–water partition coefficient (Wildman–Crippen LogP) is 8.80. The summed E-state index contributed by atoms with van der Waals surface area (Å²) in [4.78, 5) is 0. The minimum atomic E-state index is -0.141. The van der Waals surface area contributed by atoms with Gasteiger partial charge in [0.15, 0.2) is 0 Å². The molecule has 1 atom stereocenters. The van der Waals surface area contributed by atoms with Gasteiger partial charge in [-0.3, -0.25) is 0 Å². The van der Waals surface area contributed by atoms with Crippen molar-refractivity contribution in [1.29, 1.82) is 0 Å². The monoisotopic (exact) mass is 409 g/mol. The summed E-state index contributed by atoms with van der Waals surface area (Å²) < 4.78 is 0. The highest BCUT2D eigenvalue weighted by atomic mass is 35.5. The van der Waals surface area contributed by atoms with E-state index in [4.69, 9.17) is 5.73 Å². The smallest absolute Gasteiger partial charge is 0.0166 e. The van der Waals surface area contributed by atoms with Crippen molar-refractivity contribution >= 4 is 12.4 Å². The summed E-state index contributed by atoms with van der Waals surface area (Å²) in [5, 5.41) is 0. The minimum Gasteiger partial charge on any atom is -0.325 e. The quantitative estimate of drug-likeness (QED) is 0.255. The first-order chi connectivity index (χ1) is 13.1. The van der Waals surface area contributed by atoms with Crippen LogP contribution in [0, 0.1) is 0 Å². The molecule has 0 spiro atoms. The van der Waals surface area contributed by atoms with E-state index in [2.05, 4.69) is 51.1 Å². The number of nitrogens with two attached hydrogens (primary N) is 1. The largest absolute Gasteiger partial charge is 0.325 e. The van der Waals surface area contributed by atoms with Crippen LogP contribution >= 0.6 is 12.4 Å². The second-order valence-corrected chi connectivity index (χ2v) is 9.17. The van der Waals surface area contributed by atoms with Crippen molar-refractivity contribution in [2.45, 2.75) is 129 Å². The van der Waals surface area contributed by atoms with Crippen molar-refractivity contribution < 1.29 is 0 Å². The fraction of sp³-hybridized carbons (Fsp3) is 0.769. The molecule has 0 aliphatic carbocycles. The van der Waals surface area contributed by atoms with Crippen molar-refractivity contribution in [1.82, 2.24) is 0 Å². The van der Waals surface area contributed by atoms with Crippen LogP contribution < -0.4 is 5.73 Å². The maximum atomic E-state index is 6.47. The van der Waals surface area contributed by atoms with Crippen molar-refractivity contribution in [3.8, 4) is 0 Å². The van der Waals surface area contributed by atoms with Crippen LogP contribution in [-0.2, 0) is 0 Å². The van der Waals surface area contributed by atoms with Crippen molar-refractivity contribution in [3.63, 3.8) is 0 Å². The molecular weight excluding hydrogens is 362 g/mol. The van der Waals surface area contributed by atoms with Crippen molar-refractivity contribution in [3.05, 3.63) is 35.9 Å². The SMILES string of the molecule is CCCCCCCCCCCCCCCCC(c1ccccc1)C(C)(C)N.Cl. The average Bonchev–Trinajstić information content (AvgIpc) is 2.64. The predicted molar refractivity (Wildman–Crippen MR) is 130 cm³/mol. The molecule has 0 fully saturated rings. The summed E-state index contributed by atoms with van der Waals surface area (Å²) in [5.74, 6) is 0.469. The first-order valence-electron chi connectivity index (χ1n) is 11.9. The van der Waals surface area contributed by atoms with Gasteiger partial charge in [-0.25, -0.2) is 0 Å². The Labute approximate surface area is 182 Å². The van der Waals surface area contributed by atoms with Gasteiger partial charge >= 0.3 is 0 Å². The van der Waals surface area contributed by atoms with E-state index < -0.39 is 0 Å². The van der Waals surface area contributed by atoms with Crippen molar-refractivity contribution in [2.75, 3.05) is 0 Å². The second-order valence-electron chi connectivity index (χ2n) is 9.17. The third kappa shape index (κ3) is 13.6. The Morgan fingerprint density at radius 1 is 0.679 bits per heavy atom. The van der Waals surface area contributed by atoms with Crippen LogP contribution in [-0.4, -0.2) is 5.54 Å². The lowest BCUT2D eigenvalue weighted by Crippen LogP contribution is -2.39. The molecule has 0 radical (unpaired) electrons. The number of benzene rings is 1. The highest BCUT2D eigenvalue weighted by Gasteiger charge is 2.25. The maximum Gasteiger partial charge on any atom is 0.0166 e. The molecule has 0 saturated carbocycles. The van der Waals surface area contributed by atoms with Gasteiger partial charge in [-0.05, 0) is 25.8 Å². The molecule has 2 N–H and O–H groups in total. The van der Waals surface area contributed by atoms with Gasteiger partial charge in [-0.1, -0.05) is 127 Å². The van der Waals surface area contributed by atoms with Crippen molar-refractivity contribution in [2.24, 2.45) is 5.73 Å². The van der Waals surface area contributed by atoms with Crippen LogP contribution in [0.4, 0.5) is 0 Å². The fourth-order valence-electron chi connectivity index (χ4n) is 4.20. The van der Waals surface area contributed by atoms with Gasteiger partial charge in [0.05, 0.1) is 0 Å². The van der Waals surface area contributed by atoms with Crippen LogP contribution in [0.1, 0.15) is 129 Å². The second kappa shape index (κ2) is 17.3. The van der Waals surface area contributed by atoms with E-state index in [0.29, 0.717) is 5.92 Å². The number of hydrogen-bond donors (Lipinski definition) is 1. The van der Waals surface area contributed by atoms with Gasteiger partial charge in [-0.15, -0.1) is 12.4 Å². The molecular formula is C26H48ClN. The number of hydrogen-bond acceptors (Lipinski definition) is 1. The standard InChI is InChI=1S/C26H47N.ClH/c1-4-5-6-7-8-9-10-11-12-13-14-15-16-20-23-25(26(2,3)27)24-21-18-17-19-22-24;/h17-19,21-22,25H,4-16,20,23,27H2,1-3H3;1H. The molecule has 0 bridgehead atoms. The Kier molecular flexibility index (Phi) is 17.0. The number of rotatable bonds is 17. The molecule has 2 heteroatoms. The number of halogens is 1. The van der Waals surface area contributed by atoms with E-state index in [-0.39, 0.29) is 17.9 Å². The van der Waals surface area contributed by atoms with E-state index in [0.717, 1.165) is 0 Å². The highest BCUT2D eigenvalue weighted by Crippen LogP contribution is 2.31.